The molecule has 112 valence electrons. The molecule has 21 heavy (non-hydrogen) atoms. The van der Waals surface area contributed by atoms with E-state index in [1.165, 1.54) is 19.3 Å². The number of aromatic nitrogens is 1. The first-order valence-electron chi connectivity index (χ1n) is 7.67. The van der Waals surface area contributed by atoms with Crippen LogP contribution in [0.25, 0.3) is 0 Å². The monoisotopic (exact) mass is 324 g/mol. The van der Waals surface area contributed by atoms with Gasteiger partial charge in [-0.1, -0.05) is 23.2 Å². The Kier molecular flexibility index (Phi) is 3.20. The Hall–Kier alpha value is -0.800. The van der Waals surface area contributed by atoms with E-state index < -0.39 is 0 Å². The molecular formula is C16H18Cl2N2O. The standard InChI is InChI=1S/C16H18Cl2N2O/c17-12-1-2-13(18)19-14(12)15(21)20-16-6-9-3-10(7-16)5-11(4-9)8-16/h1-2,9-11H,3-8H2,(H,20,21). The van der Waals surface area contributed by atoms with E-state index in [0.29, 0.717) is 10.2 Å². The first-order chi connectivity index (χ1) is 10.0. The average molecular weight is 325 g/mol. The molecular weight excluding hydrogens is 307 g/mol. The van der Waals surface area contributed by atoms with Gasteiger partial charge in [-0.3, -0.25) is 4.79 Å². The Morgan fingerprint density at radius 3 is 2.24 bits per heavy atom. The van der Waals surface area contributed by atoms with Crippen molar-refractivity contribution >= 4 is 29.1 Å². The van der Waals surface area contributed by atoms with Crippen molar-refractivity contribution in [2.45, 2.75) is 44.1 Å². The van der Waals surface area contributed by atoms with Gasteiger partial charge in [-0.15, -0.1) is 0 Å². The minimum absolute atomic E-state index is 0.0286. The van der Waals surface area contributed by atoms with Crippen LogP contribution in [0.15, 0.2) is 12.1 Å². The molecule has 4 fully saturated rings. The minimum Gasteiger partial charge on any atom is -0.345 e. The zero-order valence-electron chi connectivity index (χ0n) is 11.7. The van der Waals surface area contributed by atoms with Crippen LogP contribution in [0.1, 0.15) is 49.0 Å². The molecule has 4 bridgehead atoms. The van der Waals surface area contributed by atoms with E-state index >= 15 is 0 Å². The molecule has 0 saturated heterocycles. The number of carbonyl (C=O) groups excluding carboxylic acids is 1. The second-order valence-corrected chi connectivity index (χ2v) is 7.91. The molecule has 0 spiro atoms. The molecule has 5 rings (SSSR count). The number of pyridine rings is 1. The zero-order valence-corrected chi connectivity index (χ0v) is 13.3. The molecule has 0 aliphatic heterocycles. The summed E-state index contributed by atoms with van der Waals surface area (Å²) in [5, 5.41) is 3.93. The highest BCUT2D eigenvalue weighted by atomic mass is 35.5. The number of nitrogens with zero attached hydrogens (tertiary/aromatic N) is 1. The molecule has 0 unspecified atom stereocenters. The number of hydrogen-bond acceptors (Lipinski definition) is 2. The number of amides is 1. The van der Waals surface area contributed by atoms with E-state index in [9.17, 15) is 4.79 Å². The van der Waals surface area contributed by atoms with E-state index in [-0.39, 0.29) is 17.1 Å². The van der Waals surface area contributed by atoms with Crippen molar-refractivity contribution in [2.75, 3.05) is 0 Å². The molecule has 0 aromatic carbocycles. The molecule has 1 aromatic rings. The molecule has 1 heterocycles. The van der Waals surface area contributed by atoms with Crippen molar-refractivity contribution in [3.8, 4) is 0 Å². The quantitative estimate of drug-likeness (QED) is 0.832. The lowest BCUT2D eigenvalue weighted by molar-refractivity contribution is -0.0167. The van der Waals surface area contributed by atoms with Gasteiger partial charge in [0.2, 0.25) is 0 Å². The number of nitrogens with one attached hydrogen (secondary N) is 1. The van der Waals surface area contributed by atoms with Crippen LogP contribution < -0.4 is 5.32 Å². The normalized spacial score (nSPS) is 36.8. The molecule has 1 aromatic heterocycles. The van der Waals surface area contributed by atoms with E-state index in [4.69, 9.17) is 23.2 Å². The predicted octanol–water partition coefficient (Wildman–Crippen LogP) is 4.09. The topological polar surface area (TPSA) is 42.0 Å². The average Bonchev–Trinajstić information content (AvgIpc) is 2.39. The zero-order chi connectivity index (χ0) is 14.6. The molecule has 4 aliphatic carbocycles. The largest absolute Gasteiger partial charge is 0.345 e. The van der Waals surface area contributed by atoms with Gasteiger partial charge in [0.15, 0.2) is 0 Å². The molecule has 1 N–H and O–H groups in total. The summed E-state index contributed by atoms with van der Waals surface area (Å²) < 4.78 is 0. The highest BCUT2D eigenvalue weighted by Crippen LogP contribution is 2.55. The Morgan fingerprint density at radius 2 is 1.67 bits per heavy atom. The summed E-state index contributed by atoms with van der Waals surface area (Å²) in [5.74, 6) is 2.20. The van der Waals surface area contributed by atoms with Gasteiger partial charge in [0, 0.05) is 5.54 Å². The maximum absolute atomic E-state index is 12.6. The number of rotatable bonds is 2. The maximum Gasteiger partial charge on any atom is 0.271 e. The van der Waals surface area contributed by atoms with Crippen molar-refractivity contribution < 1.29 is 4.79 Å². The lowest BCUT2D eigenvalue weighted by Crippen LogP contribution is -2.59. The van der Waals surface area contributed by atoms with Crippen LogP contribution in [-0.2, 0) is 0 Å². The predicted molar refractivity (Wildman–Crippen MR) is 82.6 cm³/mol. The molecule has 4 aliphatic rings. The molecule has 3 nitrogen and oxygen atoms in total. The van der Waals surface area contributed by atoms with Crippen molar-refractivity contribution in [3.05, 3.63) is 28.0 Å². The van der Waals surface area contributed by atoms with Crippen molar-refractivity contribution in [2.24, 2.45) is 17.8 Å². The molecule has 1 amide bonds. The van der Waals surface area contributed by atoms with Gasteiger partial charge in [0.25, 0.3) is 5.91 Å². The Balaban J connectivity index is 1.58. The highest BCUT2D eigenvalue weighted by Gasteiger charge is 2.51. The molecule has 5 heteroatoms. The minimum atomic E-state index is -0.176. The van der Waals surface area contributed by atoms with Crippen LogP contribution in [0.5, 0.6) is 0 Å². The SMILES string of the molecule is O=C(NC12CC3CC(CC(C3)C1)C2)c1nc(Cl)ccc1Cl. The summed E-state index contributed by atoms with van der Waals surface area (Å²) in [6.07, 6.45) is 7.40. The van der Waals surface area contributed by atoms with Gasteiger partial charge >= 0.3 is 0 Å². The summed E-state index contributed by atoms with van der Waals surface area (Å²) >= 11 is 12.0. The van der Waals surface area contributed by atoms with Crippen LogP contribution in [0.4, 0.5) is 0 Å². The molecule has 0 atom stereocenters. The summed E-state index contributed by atoms with van der Waals surface area (Å²) in [5.41, 5.74) is 0.221. The fourth-order valence-corrected chi connectivity index (χ4v) is 5.48. The Labute approximate surface area is 134 Å². The molecule has 0 radical (unpaired) electrons. The Morgan fingerprint density at radius 1 is 1.10 bits per heavy atom. The third-order valence-electron chi connectivity index (χ3n) is 5.44. The van der Waals surface area contributed by atoms with E-state index in [2.05, 4.69) is 10.3 Å². The van der Waals surface area contributed by atoms with Gasteiger partial charge < -0.3 is 5.32 Å². The first-order valence-corrected chi connectivity index (χ1v) is 8.43. The second kappa shape index (κ2) is 4.85. The smallest absolute Gasteiger partial charge is 0.271 e. The van der Waals surface area contributed by atoms with Crippen LogP contribution in [0, 0.1) is 17.8 Å². The van der Waals surface area contributed by atoms with Crippen molar-refractivity contribution in [3.63, 3.8) is 0 Å². The summed E-state index contributed by atoms with van der Waals surface area (Å²) in [4.78, 5) is 16.7. The third-order valence-corrected chi connectivity index (χ3v) is 5.96. The fraction of sp³-hybridized carbons (Fsp3) is 0.625. The number of halogens is 2. The second-order valence-electron chi connectivity index (χ2n) is 7.12. The number of carbonyl (C=O) groups is 1. The van der Waals surface area contributed by atoms with Crippen LogP contribution in [0.2, 0.25) is 10.2 Å². The lowest BCUT2D eigenvalue weighted by Gasteiger charge is -2.56. The van der Waals surface area contributed by atoms with Gasteiger partial charge in [-0.05, 0) is 68.4 Å². The summed E-state index contributed by atoms with van der Waals surface area (Å²) in [6.45, 7) is 0. The highest BCUT2D eigenvalue weighted by molar-refractivity contribution is 6.34. The van der Waals surface area contributed by atoms with E-state index in [1.54, 1.807) is 12.1 Å². The van der Waals surface area contributed by atoms with Crippen molar-refractivity contribution in [1.82, 2.24) is 10.3 Å². The third kappa shape index (κ3) is 2.44. The Bertz CT molecular complexity index is 567. The number of hydrogen-bond donors (Lipinski definition) is 1. The first kappa shape index (κ1) is 13.8. The maximum atomic E-state index is 12.6. The molecule has 4 saturated carbocycles. The van der Waals surface area contributed by atoms with Crippen molar-refractivity contribution in [1.29, 1.82) is 0 Å². The summed E-state index contributed by atoms with van der Waals surface area (Å²) in [6, 6.07) is 3.23. The van der Waals surface area contributed by atoms with Gasteiger partial charge in [0.05, 0.1) is 5.02 Å². The van der Waals surface area contributed by atoms with E-state index in [1.807, 2.05) is 0 Å². The van der Waals surface area contributed by atoms with E-state index in [0.717, 1.165) is 37.0 Å². The van der Waals surface area contributed by atoms with Crippen LogP contribution in [-0.4, -0.2) is 16.4 Å². The van der Waals surface area contributed by atoms with Crippen LogP contribution >= 0.6 is 23.2 Å². The summed E-state index contributed by atoms with van der Waals surface area (Å²) in [7, 11) is 0. The van der Waals surface area contributed by atoms with Crippen LogP contribution in [0.3, 0.4) is 0 Å². The van der Waals surface area contributed by atoms with Gasteiger partial charge in [0.1, 0.15) is 10.8 Å². The lowest BCUT2D eigenvalue weighted by atomic mass is 9.53. The fourth-order valence-electron chi connectivity index (χ4n) is 5.14. The van der Waals surface area contributed by atoms with Gasteiger partial charge in [-0.2, -0.15) is 0 Å². The van der Waals surface area contributed by atoms with Gasteiger partial charge in [-0.25, -0.2) is 4.98 Å².